The van der Waals surface area contributed by atoms with Crippen LogP contribution in [-0.4, -0.2) is 48.8 Å². The highest BCUT2D eigenvalue weighted by molar-refractivity contribution is 5.61. The first-order valence-corrected chi connectivity index (χ1v) is 6.49. The molecule has 0 amide bonds. The maximum atomic E-state index is 5.91. The van der Waals surface area contributed by atoms with E-state index in [0.717, 1.165) is 44.2 Å². The van der Waals surface area contributed by atoms with E-state index in [0.29, 0.717) is 5.69 Å². The van der Waals surface area contributed by atoms with E-state index in [1.807, 2.05) is 19.2 Å². The third-order valence-electron chi connectivity index (χ3n) is 3.22. The molecule has 1 saturated heterocycles. The van der Waals surface area contributed by atoms with Gasteiger partial charge >= 0.3 is 0 Å². The van der Waals surface area contributed by atoms with Crippen molar-refractivity contribution in [3.63, 3.8) is 0 Å². The molecule has 1 aliphatic heterocycles. The lowest BCUT2D eigenvalue weighted by molar-refractivity contribution is -0.0192. The summed E-state index contributed by atoms with van der Waals surface area (Å²) < 4.78 is 5.72. The predicted octanol–water partition coefficient (Wildman–Crippen LogP) is 1.10. The summed E-state index contributed by atoms with van der Waals surface area (Å²) in [5, 5.41) is 3.27. The number of aromatic nitrogens is 1. The minimum absolute atomic E-state index is 0.209. The Morgan fingerprint density at radius 2 is 2.44 bits per heavy atom. The molecule has 0 radical (unpaired) electrons. The highest BCUT2D eigenvalue weighted by atomic mass is 16.5. The largest absolute Gasteiger partial charge is 0.396 e. The lowest BCUT2D eigenvalue weighted by Crippen LogP contribution is -2.45. The lowest BCUT2D eigenvalue weighted by atomic mass is 10.2. The van der Waals surface area contributed by atoms with E-state index < -0.39 is 0 Å². The zero-order valence-corrected chi connectivity index (χ0v) is 11.1. The molecular weight excluding hydrogens is 228 g/mol. The standard InChI is InChI=1S/C13H22N4O/c1-3-17-4-5-18-11(9-17)8-16-13-12(14)6-10(2)7-15-13/h6-7,11H,3-5,8-9,14H2,1-2H3,(H,15,16). The summed E-state index contributed by atoms with van der Waals surface area (Å²) >= 11 is 0. The number of morpholine rings is 1. The fourth-order valence-corrected chi connectivity index (χ4v) is 2.14. The highest BCUT2D eigenvalue weighted by Crippen LogP contribution is 2.16. The molecule has 0 bridgehead atoms. The average Bonchev–Trinajstić information content (AvgIpc) is 2.38. The minimum atomic E-state index is 0.209. The van der Waals surface area contributed by atoms with Gasteiger partial charge in [0.05, 0.1) is 18.4 Å². The molecule has 100 valence electrons. The van der Waals surface area contributed by atoms with Crippen molar-refractivity contribution in [1.82, 2.24) is 9.88 Å². The fourth-order valence-electron chi connectivity index (χ4n) is 2.14. The van der Waals surface area contributed by atoms with Crippen LogP contribution < -0.4 is 11.1 Å². The summed E-state index contributed by atoms with van der Waals surface area (Å²) in [6.45, 7) is 8.78. The number of nitrogen functional groups attached to an aromatic ring is 1. The molecule has 0 saturated carbocycles. The van der Waals surface area contributed by atoms with Crippen molar-refractivity contribution in [2.24, 2.45) is 0 Å². The molecule has 2 heterocycles. The van der Waals surface area contributed by atoms with Crippen LogP contribution in [0.2, 0.25) is 0 Å². The third kappa shape index (κ3) is 3.34. The van der Waals surface area contributed by atoms with Crippen molar-refractivity contribution < 1.29 is 4.74 Å². The number of nitrogens with zero attached hydrogens (tertiary/aromatic N) is 2. The van der Waals surface area contributed by atoms with E-state index in [1.165, 1.54) is 0 Å². The molecule has 2 rings (SSSR count). The van der Waals surface area contributed by atoms with Gasteiger partial charge in [-0.1, -0.05) is 6.92 Å². The summed E-state index contributed by atoms with van der Waals surface area (Å²) in [7, 11) is 0. The van der Waals surface area contributed by atoms with Crippen molar-refractivity contribution in [3.05, 3.63) is 17.8 Å². The molecule has 1 fully saturated rings. The molecule has 1 atom stereocenters. The summed E-state index contributed by atoms with van der Waals surface area (Å²) in [5.74, 6) is 0.748. The molecule has 0 spiro atoms. The number of aryl methyl sites for hydroxylation is 1. The van der Waals surface area contributed by atoms with Gasteiger partial charge in [0.2, 0.25) is 0 Å². The maximum Gasteiger partial charge on any atom is 0.149 e. The lowest BCUT2D eigenvalue weighted by Gasteiger charge is -2.32. The van der Waals surface area contributed by atoms with Crippen LogP contribution in [0.25, 0.3) is 0 Å². The molecule has 1 aromatic rings. The Balaban J connectivity index is 1.87. The van der Waals surface area contributed by atoms with E-state index in [-0.39, 0.29) is 6.10 Å². The van der Waals surface area contributed by atoms with E-state index in [4.69, 9.17) is 10.5 Å². The Kier molecular flexibility index (Phi) is 4.38. The van der Waals surface area contributed by atoms with Crippen LogP contribution in [0.5, 0.6) is 0 Å². The zero-order chi connectivity index (χ0) is 13.0. The molecule has 5 heteroatoms. The number of pyridine rings is 1. The van der Waals surface area contributed by atoms with Crippen molar-refractivity contribution in [3.8, 4) is 0 Å². The van der Waals surface area contributed by atoms with Crippen LogP contribution in [0.3, 0.4) is 0 Å². The first-order valence-electron chi connectivity index (χ1n) is 6.49. The van der Waals surface area contributed by atoms with Crippen molar-refractivity contribution in [1.29, 1.82) is 0 Å². The van der Waals surface area contributed by atoms with E-state index in [9.17, 15) is 0 Å². The Morgan fingerprint density at radius 1 is 1.61 bits per heavy atom. The molecule has 1 aliphatic rings. The first kappa shape index (κ1) is 13.1. The van der Waals surface area contributed by atoms with Gasteiger partial charge in [0, 0.05) is 25.8 Å². The normalized spacial score (nSPS) is 20.9. The molecule has 18 heavy (non-hydrogen) atoms. The van der Waals surface area contributed by atoms with Gasteiger partial charge in [0.15, 0.2) is 0 Å². The molecule has 5 nitrogen and oxygen atoms in total. The number of rotatable bonds is 4. The second kappa shape index (κ2) is 6.02. The number of hydrogen-bond donors (Lipinski definition) is 2. The number of anilines is 2. The topological polar surface area (TPSA) is 63.4 Å². The molecule has 0 aromatic carbocycles. The van der Waals surface area contributed by atoms with Crippen LogP contribution in [0.4, 0.5) is 11.5 Å². The molecule has 3 N–H and O–H groups in total. The van der Waals surface area contributed by atoms with Crippen LogP contribution in [0, 0.1) is 6.92 Å². The fraction of sp³-hybridized carbons (Fsp3) is 0.615. The van der Waals surface area contributed by atoms with Gasteiger partial charge in [0.25, 0.3) is 0 Å². The smallest absolute Gasteiger partial charge is 0.149 e. The summed E-state index contributed by atoms with van der Waals surface area (Å²) in [6, 6.07) is 1.93. The van der Waals surface area contributed by atoms with E-state index >= 15 is 0 Å². The van der Waals surface area contributed by atoms with Crippen LogP contribution in [0.15, 0.2) is 12.3 Å². The predicted molar refractivity (Wildman–Crippen MR) is 73.7 cm³/mol. The van der Waals surface area contributed by atoms with Gasteiger partial charge in [-0.3, -0.25) is 4.90 Å². The van der Waals surface area contributed by atoms with Gasteiger partial charge in [-0.15, -0.1) is 0 Å². The molecular formula is C13H22N4O. The summed E-state index contributed by atoms with van der Waals surface area (Å²) in [6.07, 6.45) is 2.03. The van der Waals surface area contributed by atoms with Crippen molar-refractivity contribution in [2.75, 3.05) is 43.8 Å². The average molecular weight is 250 g/mol. The second-order valence-electron chi connectivity index (χ2n) is 4.72. The quantitative estimate of drug-likeness (QED) is 0.838. The number of nitrogens with one attached hydrogen (secondary N) is 1. The second-order valence-corrected chi connectivity index (χ2v) is 4.72. The Bertz CT molecular complexity index is 397. The summed E-state index contributed by atoms with van der Waals surface area (Å²) in [5.41, 5.74) is 7.68. The number of ether oxygens (including phenoxy) is 1. The Hall–Kier alpha value is -1.33. The highest BCUT2D eigenvalue weighted by Gasteiger charge is 2.19. The van der Waals surface area contributed by atoms with Gasteiger partial charge in [-0.25, -0.2) is 4.98 Å². The van der Waals surface area contributed by atoms with Gasteiger partial charge in [-0.05, 0) is 25.1 Å². The Labute approximate surface area is 108 Å². The minimum Gasteiger partial charge on any atom is -0.396 e. The number of hydrogen-bond acceptors (Lipinski definition) is 5. The van der Waals surface area contributed by atoms with E-state index in [2.05, 4.69) is 22.1 Å². The molecule has 1 aromatic heterocycles. The third-order valence-corrected chi connectivity index (χ3v) is 3.22. The van der Waals surface area contributed by atoms with Crippen molar-refractivity contribution in [2.45, 2.75) is 20.0 Å². The van der Waals surface area contributed by atoms with Gasteiger partial charge in [-0.2, -0.15) is 0 Å². The van der Waals surface area contributed by atoms with Crippen LogP contribution >= 0.6 is 0 Å². The first-order chi connectivity index (χ1) is 8.69. The summed E-state index contributed by atoms with van der Waals surface area (Å²) in [4.78, 5) is 6.69. The van der Waals surface area contributed by atoms with E-state index in [1.54, 1.807) is 0 Å². The van der Waals surface area contributed by atoms with Crippen molar-refractivity contribution >= 4 is 11.5 Å². The zero-order valence-electron chi connectivity index (χ0n) is 11.1. The van der Waals surface area contributed by atoms with Crippen LogP contribution in [-0.2, 0) is 4.74 Å². The maximum absolute atomic E-state index is 5.91. The SMILES string of the molecule is CCN1CCOC(CNc2ncc(C)cc2N)C1. The molecule has 0 aliphatic carbocycles. The number of likely N-dealkylation sites (N-methyl/N-ethyl adjacent to an activating group) is 1. The Morgan fingerprint density at radius 3 is 3.17 bits per heavy atom. The molecule has 1 unspecified atom stereocenters. The van der Waals surface area contributed by atoms with Gasteiger partial charge < -0.3 is 15.8 Å². The van der Waals surface area contributed by atoms with Gasteiger partial charge in [0.1, 0.15) is 5.82 Å². The number of nitrogens with two attached hydrogens (primary N) is 1. The monoisotopic (exact) mass is 250 g/mol. The van der Waals surface area contributed by atoms with Crippen LogP contribution in [0.1, 0.15) is 12.5 Å².